The van der Waals surface area contributed by atoms with Crippen molar-refractivity contribution in [2.24, 2.45) is 0 Å². The van der Waals surface area contributed by atoms with Gasteiger partial charge in [0.25, 0.3) is 0 Å². The Morgan fingerprint density at radius 1 is 1.50 bits per heavy atom. The van der Waals surface area contributed by atoms with Crippen LogP contribution in [0.3, 0.4) is 0 Å². The van der Waals surface area contributed by atoms with Gasteiger partial charge >= 0.3 is 0 Å². The molecule has 0 heterocycles. The van der Waals surface area contributed by atoms with Gasteiger partial charge in [-0.25, -0.2) is 0 Å². The summed E-state index contributed by atoms with van der Waals surface area (Å²) in [7, 11) is 0. The van der Waals surface area contributed by atoms with E-state index in [4.69, 9.17) is 4.74 Å². The van der Waals surface area contributed by atoms with Crippen LogP contribution in [0.1, 0.15) is 27.2 Å². The van der Waals surface area contributed by atoms with Crippen molar-refractivity contribution in [3.63, 3.8) is 0 Å². The average Bonchev–Trinajstić information content (AvgIpc) is 2.05. The molecular formula is C10H14O2. The minimum absolute atomic E-state index is 0.162. The van der Waals surface area contributed by atoms with Crippen LogP contribution in [0.2, 0.25) is 0 Å². The summed E-state index contributed by atoms with van der Waals surface area (Å²) in [5.41, 5.74) is 0.685. The maximum atomic E-state index is 11.1. The topological polar surface area (TPSA) is 26.3 Å². The van der Waals surface area contributed by atoms with E-state index in [1.54, 1.807) is 6.92 Å². The SMILES string of the molecule is CC/C=C(\C)C(=O)C#COCC. The van der Waals surface area contributed by atoms with Gasteiger partial charge in [-0.05, 0) is 20.3 Å². The number of Topliss-reactive ketones (excluding diaryl/α,β-unsaturated/α-hetero) is 1. The molecule has 0 aliphatic rings. The minimum Gasteiger partial charge on any atom is -0.447 e. The Kier molecular flexibility index (Phi) is 5.81. The van der Waals surface area contributed by atoms with Crippen LogP contribution in [0.5, 0.6) is 0 Å². The second kappa shape index (κ2) is 6.48. The van der Waals surface area contributed by atoms with Crippen LogP contribution >= 0.6 is 0 Å². The largest absolute Gasteiger partial charge is 0.447 e. The van der Waals surface area contributed by atoms with Crippen LogP contribution in [-0.4, -0.2) is 12.4 Å². The zero-order chi connectivity index (χ0) is 9.40. The van der Waals surface area contributed by atoms with Crippen molar-refractivity contribution in [3.8, 4) is 12.0 Å². The van der Waals surface area contributed by atoms with Gasteiger partial charge in [-0.1, -0.05) is 13.0 Å². The van der Waals surface area contributed by atoms with Crippen molar-refractivity contribution < 1.29 is 9.53 Å². The van der Waals surface area contributed by atoms with Crippen LogP contribution in [0.25, 0.3) is 0 Å². The molecule has 66 valence electrons. The third kappa shape index (κ3) is 4.56. The summed E-state index contributed by atoms with van der Waals surface area (Å²) >= 11 is 0. The Bertz CT molecular complexity index is 228. The van der Waals surface area contributed by atoms with E-state index in [0.29, 0.717) is 12.2 Å². The molecule has 0 amide bonds. The molecule has 0 aliphatic heterocycles. The van der Waals surface area contributed by atoms with E-state index >= 15 is 0 Å². The van der Waals surface area contributed by atoms with Gasteiger partial charge in [-0.2, -0.15) is 0 Å². The quantitative estimate of drug-likeness (QED) is 0.473. The lowest BCUT2D eigenvalue weighted by atomic mass is 10.2. The van der Waals surface area contributed by atoms with Crippen LogP contribution in [0.15, 0.2) is 11.6 Å². The first kappa shape index (κ1) is 10.8. The number of ketones is 1. The smallest absolute Gasteiger partial charge is 0.234 e. The second-order valence-electron chi connectivity index (χ2n) is 2.28. The van der Waals surface area contributed by atoms with Crippen LogP contribution in [-0.2, 0) is 9.53 Å². The van der Waals surface area contributed by atoms with Crippen molar-refractivity contribution in [2.75, 3.05) is 6.61 Å². The molecule has 0 rings (SSSR count). The zero-order valence-electron chi connectivity index (χ0n) is 7.81. The molecule has 0 saturated heterocycles. The van der Waals surface area contributed by atoms with Crippen molar-refractivity contribution >= 4 is 5.78 Å². The van der Waals surface area contributed by atoms with E-state index in [2.05, 4.69) is 12.0 Å². The third-order valence-corrected chi connectivity index (χ3v) is 1.25. The molecule has 2 nitrogen and oxygen atoms in total. The lowest BCUT2D eigenvalue weighted by molar-refractivity contribution is -0.110. The first-order chi connectivity index (χ1) is 5.72. The van der Waals surface area contributed by atoms with Gasteiger partial charge in [0, 0.05) is 11.5 Å². The maximum Gasteiger partial charge on any atom is 0.234 e. The predicted molar refractivity (Wildman–Crippen MR) is 48.5 cm³/mol. The highest BCUT2D eigenvalue weighted by Gasteiger charge is 1.97. The third-order valence-electron chi connectivity index (χ3n) is 1.25. The molecule has 0 spiro atoms. The summed E-state index contributed by atoms with van der Waals surface area (Å²) < 4.78 is 4.72. The molecule has 0 saturated carbocycles. The Morgan fingerprint density at radius 3 is 2.67 bits per heavy atom. The standard InChI is InChI=1S/C10H14O2/c1-4-6-9(3)10(11)7-8-12-5-2/h6H,4-5H2,1-3H3/b9-6+. The maximum absolute atomic E-state index is 11.1. The summed E-state index contributed by atoms with van der Waals surface area (Å²) in [5.74, 6) is 2.23. The molecule has 0 unspecified atom stereocenters. The van der Waals surface area contributed by atoms with Crippen LogP contribution in [0, 0.1) is 12.0 Å². The summed E-state index contributed by atoms with van der Waals surface area (Å²) in [6, 6.07) is 0. The van der Waals surface area contributed by atoms with Gasteiger partial charge in [0.15, 0.2) is 0 Å². The van der Waals surface area contributed by atoms with Crippen molar-refractivity contribution in [1.82, 2.24) is 0 Å². The molecule has 0 bridgehead atoms. The van der Waals surface area contributed by atoms with Crippen molar-refractivity contribution in [3.05, 3.63) is 11.6 Å². The molecular weight excluding hydrogens is 152 g/mol. The predicted octanol–water partition coefficient (Wildman–Crippen LogP) is 1.91. The number of hydrogen-bond donors (Lipinski definition) is 0. The molecule has 2 heteroatoms. The Morgan fingerprint density at radius 2 is 2.17 bits per heavy atom. The van der Waals surface area contributed by atoms with E-state index in [0.717, 1.165) is 6.42 Å². The molecule has 0 fully saturated rings. The van der Waals surface area contributed by atoms with E-state index in [1.807, 2.05) is 19.9 Å². The van der Waals surface area contributed by atoms with Crippen LogP contribution < -0.4 is 0 Å². The number of carbonyl (C=O) groups excluding carboxylic acids is 1. The number of allylic oxidation sites excluding steroid dienone is 2. The van der Waals surface area contributed by atoms with Crippen LogP contribution in [0.4, 0.5) is 0 Å². The average molecular weight is 166 g/mol. The minimum atomic E-state index is -0.162. The van der Waals surface area contributed by atoms with Crippen molar-refractivity contribution in [2.45, 2.75) is 27.2 Å². The number of carbonyl (C=O) groups is 1. The highest BCUT2D eigenvalue weighted by molar-refractivity contribution is 6.07. The zero-order valence-corrected chi connectivity index (χ0v) is 7.81. The summed E-state index contributed by atoms with van der Waals surface area (Å²) in [6.45, 7) is 6.07. The Labute approximate surface area is 73.6 Å². The summed E-state index contributed by atoms with van der Waals surface area (Å²) in [5, 5.41) is 0. The lowest BCUT2D eigenvalue weighted by Crippen LogP contribution is -1.95. The van der Waals surface area contributed by atoms with E-state index in [1.165, 1.54) is 0 Å². The monoisotopic (exact) mass is 166 g/mol. The van der Waals surface area contributed by atoms with E-state index in [9.17, 15) is 4.79 Å². The first-order valence-electron chi connectivity index (χ1n) is 4.06. The van der Waals surface area contributed by atoms with Gasteiger partial charge in [-0.15, -0.1) is 0 Å². The fourth-order valence-corrected chi connectivity index (χ4v) is 0.652. The molecule has 0 atom stereocenters. The first-order valence-corrected chi connectivity index (χ1v) is 4.06. The fourth-order valence-electron chi connectivity index (χ4n) is 0.652. The number of ether oxygens (including phenoxy) is 1. The van der Waals surface area contributed by atoms with Gasteiger partial charge in [-0.3, -0.25) is 4.79 Å². The number of rotatable bonds is 3. The number of hydrogen-bond acceptors (Lipinski definition) is 2. The van der Waals surface area contributed by atoms with Gasteiger partial charge in [0.05, 0.1) is 6.61 Å². The van der Waals surface area contributed by atoms with Gasteiger partial charge < -0.3 is 4.74 Å². The molecule has 0 aromatic rings. The van der Waals surface area contributed by atoms with Crippen molar-refractivity contribution in [1.29, 1.82) is 0 Å². The Hall–Kier alpha value is -1.23. The van der Waals surface area contributed by atoms with Gasteiger partial charge in [0.2, 0.25) is 5.78 Å². The molecule has 0 aliphatic carbocycles. The highest BCUT2D eigenvalue weighted by atomic mass is 16.5. The normalized spacial score (nSPS) is 10.1. The van der Waals surface area contributed by atoms with E-state index in [-0.39, 0.29) is 5.78 Å². The molecule has 0 aromatic carbocycles. The molecule has 0 aromatic heterocycles. The summed E-state index contributed by atoms with van der Waals surface area (Å²) in [6.07, 6.45) is 5.04. The second-order valence-corrected chi connectivity index (χ2v) is 2.28. The fraction of sp³-hybridized carbons (Fsp3) is 0.500. The highest BCUT2D eigenvalue weighted by Crippen LogP contribution is 1.95. The lowest BCUT2D eigenvalue weighted by Gasteiger charge is -1.89. The Balaban J connectivity index is 4.06. The molecule has 0 radical (unpaired) electrons. The summed E-state index contributed by atoms with van der Waals surface area (Å²) in [4.78, 5) is 11.1. The molecule has 0 N–H and O–H groups in total. The van der Waals surface area contributed by atoms with Gasteiger partial charge in [0.1, 0.15) is 6.11 Å². The molecule has 12 heavy (non-hydrogen) atoms. The van der Waals surface area contributed by atoms with E-state index < -0.39 is 0 Å².